The van der Waals surface area contributed by atoms with Gasteiger partial charge in [-0.15, -0.1) is 0 Å². The molecule has 0 aliphatic rings. The van der Waals surface area contributed by atoms with Crippen LogP contribution in [0.2, 0.25) is 0 Å². The first-order valence-corrected chi connectivity index (χ1v) is 7.03. The van der Waals surface area contributed by atoms with Gasteiger partial charge in [0.2, 0.25) is 0 Å². The van der Waals surface area contributed by atoms with Crippen molar-refractivity contribution in [3.8, 4) is 0 Å². The second-order valence-electron chi connectivity index (χ2n) is 5.65. The minimum absolute atomic E-state index is 0.0405. The predicted molar refractivity (Wildman–Crippen MR) is 75.4 cm³/mol. The predicted octanol–water partition coefficient (Wildman–Crippen LogP) is 2.03. The fourth-order valence-corrected chi connectivity index (χ4v) is 1.76. The second-order valence-corrected chi connectivity index (χ2v) is 5.65. The summed E-state index contributed by atoms with van der Waals surface area (Å²) in [5, 5.41) is 0. The van der Waals surface area contributed by atoms with Crippen molar-refractivity contribution in [2.24, 2.45) is 11.1 Å². The standard InChI is InChI=1S/C14H30N2O2/c1-5-7-9-18-13(17)10-16(8-6-2)12-14(3,4)11-15/h5-12,15H2,1-4H3. The fraction of sp³-hybridized carbons (Fsp3) is 0.929. The molecule has 0 aliphatic carbocycles. The van der Waals surface area contributed by atoms with E-state index in [1.807, 2.05) is 0 Å². The van der Waals surface area contributed by atoms with E-state index >= 15 is 0 Å². The Hall–Kier alpha value is -0.610. The molecule has 0 unspecified atom stereocenters. The molecule has 0 aliphatic heterocycles. The fourth-order valence-electron chi connectivity index (χ4n) is 1.76. The average Bonchev–Trinajstić information content (AvgIpc) is 2.29. The van der Waals surface area contributed by atoms with Crippen molar-refractivity contribution >= 4 is 5.97 Å². The first kappa shape index (κ1) is 17.4. The van der Waals surface area contributed by atoms with Gasteiger partial charge >= 0.3 is 5.97 Å². The van der Waals surface area contributed by atoms with Crippen LogP contribution in [0.1, 0.15) is 47.0 Å². The first-order valence-electron chi connectivity index (χ1n) is 7.03. The van der Waals surface area contributed by atoms with E-state index < -0.39 is 0 Å². The highest BCUT2D eigenvalue weighted by Gasteiger charge is 2.21. The molecule has 4 nitrogen and oxygen atoms in total. The molecule has 0 heterocycles. The Morgan fingerprint density at radius 1 is 1.28 bits per heavy atom. The van der Waals surface area contributed by atoms with E-state index in [1.165, 1.54) is 0 Å². The molecule has 108 valence electrons. The molecule has 4 heteroatoms. The highest BCUT2D eigenvalue weighted by Crippen LogP contribution is 2.15. The second kappa shape index (κ2) is 9.34. The molecule has 0 atom stereocenters. The van der Waals surface area contributed by atoms with Gasteiger partial charge in [-0.3, -0.25) is 9.69 Å². The number of hydrogen-bond donors (Lipinski definition) is 1. The summed E-state index contributed by atoms with van der Waals surface area (Å²) in [5.74, 6) is -0.121. The summed E-state index contributed by atoms with van der Waals surface area (Å²) in [6.45, 7) is 11.7. The molecule has 0 spiro atoms. The zero-order valence-corrected chi connectivity index (χ0v) is 12.5. The number of nitrogens with two attached hydrogens (primary N) is 1. The van der Waals surface area contributed by atoms with Crippen molar-refractivity contribution in [2.75, 3.05) is 32.8 Å². The quantitative estimate of drug-likeness (QED) is 0.481. The monoisotopic (exact) mass is 258 g/mol. The van der Waals surface area contributed by atoms with Gasteiger partial charge in [0, 0.05) is 6.54 Å². The average molecular weight is 258 g/mol. The van der Waals surface area contributed by atoms with Gasteiger partial charge in [-0.05, 0) is 31.3 Å². The smallest absolute Gasteiger partial charge is 0.320 e. The van der Waals surface area contributed by atoms with Gasteiger partial charge in [-0.25, -0.2) is 0 Å². The van der Waals surface area contributed by atoms with E-state index in [1.54, 1.807) is 0 Å². The molecular formula is C14H30N2O2. The van der Waals surface area contributed by atoms with Crippen LogP contribution in [0.4, 0.5) is 0 Å². The maximum atomic E-state index is 11.7. The number of ether oxygens (including phenoxy) is 1. The minimum atomic E-state index is -0.121. The van der Waals surface area contributed by atoms with Crippen LogP contribution < -0.4 is 5.73 Å². The number of rotatable bonds is 10. The lowest BCUT2D eigenvalue weighted by molar-refractivity contribution is -0.145. The van der Waals surface area contributed by atoms with Gasteiger partial charge in [0.1, 0.15) is 0 Å². The van der Waals surface area contributed by atoms with Crippen LogP contribution in [-0.4, -0.2) is 43.7 Å². The van der Waals surface area contributed by atoms with Gasteiger partial charge in [-0.1, -0.05) is 34.1 Å². The van der Waals surface area contributed by atoms with E-state index in [0.29, 0.717) is 19.7 Å². The maximum Gasteiger partial charge on any atom is 0.320 e. The number of carbonyl (C=O) groups excluding carboxylic acids is 1. The van der Waals surface area contributed by atoms with Crippen LogP contribution in [0, 0.1) is 5.41 Å². The van der Waals surface area contributed by atoms with Crippen LogP contribution >= 0.6 is 0 Å². The topological polar surface area (TPSA) is 55.6 Å². The molecule has 2 N–H and O–H groups in total. The molecule has 0 rings (SSSR count). The van der Waals surface area contributed by atoms with Crippen molar-refractivity contribution in [3.05, 3.63) is 0 Å². The largest absolute Gasteiger partial charge is 0.465 e. The number of nitrogens with zero attached hydrogens (tertiary/aromatic N) is 1. The highest BCUT2D eigenvalue weighted by molar-refractivity contribution is 5.71. The SMILES string of the molecule is CCCCOC(=O)CN(CCC)CC(C)(C)CN. The third kappa shape index (κ3) is 8.48. The summed E-state index contributed by atoms with van der Waals surface area (Å²) in [7, 11) is 0. The minimum Gasteiger partial charge on any atom is -0.465 e. The molecule has 18 heavy (non-hydrogen) atoms. The molecule has 0 saturated carbocycles. The molecule has 0 saturated heterocycles. The van der Waals surface area contributed by atoms with E-state index in [4.69, 9.17) is 10.5 Å². The summed E-state index contributed by atoms with van der Waals surface area (Å²) in [6.07, 6.45) is 3.02. The normalized spacial score (nSPS) is 11.9. The Labute approximate surface area is 112 Å². The van der Waals surface area contributed by atoms with Crippen molar-refractivity contribution in [3.63, 3.8) is 0 Å². The van der Waals surface area contributed by atoms with Crippen molar-refractivity contribution in [1.29, 1.82) is 0 Å². The zero-order valence-electron chi connectivity index (χ0n) is 12.5. The number of unbranched alkanes of at least 4 members (excludes halogenated alkanes) is 1. The van der Waals surface area contributed by atoms with Crippen LogP contribution in [0.3, 0.4) is 0 Å². The Morgan fingerprint density at radius 2 is 1.94 bits per heavy atom. The number of hydrogen-bond acceptors (Lipinski definition) is 4. The lowest BCUT2D eigenvalue weighted by Gasteiger charge is -2.30. The van der Waals surface area contributed by atoms with Gasteiger partial charge < -0.3 is 10.5 Å². The molecule has 0 radical (unpaired) electrons. The lowest BCUT2D eigenvalue weighted by atomic mass is 9.93. The van der Waals surface area contributed by atoms with Gasteiger partial charge in [0.15, 0.2) is 0 Å². The van der Waals surface area contributed by atoms with E-state index in [0.717, 1.165) is 32.4 Å². The van der Waals surface area contributed by atoms with Crippen molar-refractivity contribution in [1.82, 2.24) is 4.90 Å². The van der Waals surface area contributed by atoms with Gasteiger partial charge in [0.25, 0.3) is 0 Å². The molecule has 0 amide bonds. The number of carbonyl (C=O) groups is 1. The summed E-state index contributed by atoms with van der Waals surface area (Å²) in [6, 6.07) is 0. The van der Waals surface area contributed by atoms with E-state index in [9.17, 15) is 4.79 Å². The molecule has 0 aromatic heterocycles. The Balaban J connectivity index is 4.13. The summed E-state index contributed by atoms with van der Waals surface area (Å²) < 4.78 is 5.20. The third-order valence-electron chi connectivity index (χ3n) is 2.86. The first-order chi connectivity index (χ1) is 8.45. The maximum absolute atomic E-state index is 11.7. The van der Waals surface area contributed by atoms with Crippen molar-refractivity contribution < 1.29 is 9.53 Å². The van der Waals surface area contributed by atoms with Crippen LogP contribution in [0.5, 0.6) is 0 Å². The van der Waals surface area contributed by atoms with Crippen LogP contribution in [0.25, 0.3) is 0 Å². The highest BCUT2D eigenvalue weighted by atomic mass is 16.5. The Kier molecular flexibility index (Phi) is 9.02. The lowest BCUT2D eigenvalue weighted by Crippen LogP contribution is -2.41. The van der Waals surface area contributed by atoms with E-state index in [2.05, 4.69) is 32.6 Å². The van der Waals surface area contributed by atoms with Crippen LogP contribution in [-0.2, 0) is 9.53 Å². The Morgan fingerprint density at radius 3 is 2.44 bits per heavy atom. The molecule has 0 aromatic rings. The van der Waals surface area contributed by atoms with Gasteiger partial charge in [-0.2, -0.15) is 0 Å². The summed E-state index contributed by atoms with van der Waals surface area (Å²) in [5.41, 5.74) is 5.78. The zero-order chi connectivity index (χ0) is 14.0. The molecular weight excluding hydrogens is 228 g/mol. The molecule has 0 aromatic carbocycles. The summed E-state index contributed by atoms with van der Waals surface area (Å²) >= 11 is 0. The Bertz CT molecular complexity index is 230. The number of esters is 1. The van der Waals surface area contributed by atoms with E-state index in [-0.39, 0.29) is 11.4 Å². The summed E-state index contributed by atoms with van der Waals surface area (Å²) in [4.78, 5) is 13.8. The van der Waals surface area contributed by atoms with Crippen molar-refractivity contribution in [2.45, 2.75) is 47.0 Å². The van der Waals surface area contributed by atoms with Crippen LogP contribution in [0.15, 0.2) is 0 Å². The molecule has 0 bridgehead atoms. The third-order valence-corrected chi connectivity index (χ3v) is 2.86. The molecule has 0 fully saturated rings. The van der Waals surface area contributed by atoms with Gasteiger partial charge in [0.05, 0.1) is 13.2 Å².